The molecule has 7 heteroatoms. The summed E-state index contributed by atoms with van der Waals surface area (Å²) in [6.45, 7) is 3.62. The number of hydrogen-bond acceptors (Lipinski definition) is 6. The molecule has 25 heavy (non-hydrogen) atoms. The van der Waals surface area contributed by atoms with E-state index in [4.69, 9.17) is 9.47 Å². The Balaban J connectivity index is 2.65. The highest BCUT2D eigenvalue weighted by Crippen LogP contribution is 2.42. The molecule has 1 aliphatic rings. The van der Waals surface area contributed by atoms with Gasteiger partial charge < -0.3 is 9.47 Å². The van der Waals surface area contributed by atoms with Gasteiger partial charge in [0.25, 0.3) is 5.69 Å². The van der Waals surface area contributed by atoms with Crippen molar-refractivity contribution in [3.63, 3.8) is 0 Å². The van der Waals surface area contributed by atoms with E-state index in [2.05, 4.69) is 0 Å². The first-order valence-electron chi connectivity index (χ1n) is 7.62. The minimum absolute atomic E-state index is 0.0693. The number of rotatable bonds is 4. The number of nitro groups is 1. The maximum atomic E-state index is 12.3. The summed E-state index contributed by atoms with van der Waals surface area (Å²) in [6, 6.07) is 5.78. The first kappa shape index (κ1) is 18.4. The number of non-ortho nitro benzene ring substituents is 1. The number of nitro benzene ring substituents is 1. The number of hydrogen-bond donors (Lipinski definition) is 0. The van der Waals surface area contributed by atoms with Crippen molar-refractivity contribution < 1.29 is 24.0 Å². The quantitative estimate of drug-likeness (QED) is 0.473. The second-order valence-electron chi connectivity index (χ2n) is 5.83. The van der Waals surface area contributed by atoms with Crippen molar-refractivity contribution in [2.45, 2.75) is 26.2 Å². The van der Waals surface area contributed by atoms with Crippen molar-refractivity contribution in [2.24, 2.45) is 0 Å². The number of carbonyl (C=O) groups is 2. The van der Waals surface area contributed by atoms with Gasteiger partial charge in [-0.25, -0.2) is 9.59 Å². The predicted molar refractivity (Wildman–Crippen MR) is 89.9 cm³/mol. The zero-order valence-corrected chi connectivity index (χ0v) is 14.5. The maximum Gasteiger partial charge on any atom is 0.334 e. The summed E-state index contributed by atoms with van der Waals surface area (Å²) in [5.74, 6) is -1.75. The van der Waals surface area contributed by atoms with Crippen LogP contribution in [-0.2, 0) is 19.1 Å². The van der Waals surface area contributed by atoms with E-state index >= 15 is 0 Å². The van der Waals surface area contributed by atoms with Crippen molar-refractivity contribution in [2.75, 3.05) is 14.2 Å². The highest BCUT2D eigenvalue weighted by Gasteiger charge is 2.37. The summed E-state index contributed by atoms with van der Waals surface area (Å²) in [4.78, 5) is 35.0. The summed E-state index contributed by atoms with van der Waals surface area (Å²) in [5, 5.41) is 10.9. The normalized spacial score (nSPS) is 15.2. The van der Waals surface area contributed by atoms with E-state index in [9.17, 15) is 19.7 Å². The largest absolute Gasteiger partial charge is 0.466 e. The molecule has 0 spiro atoms. The molecule has 0 unspecified atom stereocenters. The van der Waals surface area contributed by atoms with Gasteiger partial charge in [-0.2, -0.15) is 0 Å². The third kappa shape index (κ3) is 3.45. The van der Waals surface area contributed by atoms with Gasteiger partial charge >= 0.3 is 11.9 Å². The second-order valence-corrected chi connectivity index (χ2v) is 5.83. The average molecular weight is 345 g/mol. The SMILES string of the molecule is COC(=O)C1=C(C)CC(C)=C(C(=O)OC)C1c1ccc([N+](=O)[O-])cc1. The number of allylic oxidation sites excluding steroid dienone is 2. The van der Waals surface area contributed by atoms with Gasteiger partial charge in [0.05, 0.1) is 19.1 Å². The molecule has 0 aromatic heterocycles. The van der Waals surface area contributed by atoms with Crippen LogP contribution in [0.3, 0.4) is 0 Å². The van der Waals surface area contributed by atoms with Crippen molar-refractivity contribution in [3.05, 3.63) is 62.2 Å². The lowest BCUT2D eigenvalue weighted by atomic mass is 9.75. The summed E-state index contributed by atoms with van der Waals surface area (Å²) in [7, 11) is 2.55. The van der Waals surface area contributed by atoms with Gasteiger partial charge in [0.2, 0.25) is 0 Å². The molecule has 0 amide bonds. The number of esters is 2. The highest BCUT2D eigenvalue weighted by atomic mass is 16.6. The third-order valence-corrected chi connectivity index (χ3v) is 4.28. The standard InChI is InChI=1S/C18H19NO6/c1-10-9-11(2)15(18(21)25-4)16(14(10)17(20)24-3)12-5-7-13(8-6-12)19(22)23/h5-8,16H,9H2,1-4H3. The molecule has 2 rings (SSSR count). The van der Waals surface area contributed by atoms with Gasteiger partial charge in [-0.05, 0) is 25.8 Å². The summed E-state index contributed by atoms with van der Waals surface area (Å²) in [6.07, 6.45) is 0.457. The summed E-state index contributed by atoms with van der Waals surface area (Å²) >= 11 is 0. The minimum atomic E-state index is -0.686. The second kappa shape index (κ2) is 7.29. The Hall–Kier alpha value is -2.96. The molecule has 0 saturated heterocycles. The number of benzene rings is 1. The lowest BCUT2D eigenvalue weighted by Crippen LogP contribution is -2.25. The van der Waals surface area contributed by atoms with Gasteiger partial charge in [0, 0.05) is 29.2 Å². The van der Waals surface area contributed by atoms with Crippen molar-refractivity contribution in [1.29, 1.82) is 0 Å². The molecule has 0 saturated carbocycles. The third-order valence-electron chi connectivity index (χ3n) is 4.28. The molecule has 0 radical (unpaired) electrons. The molecular weight excluding hydrogens is 326 g/mol. The smallest absolute Gasteiger partial charge is 0.334 e. The minimum Gasteiger partial charge on any atom is -0.466 e. The highest BCUT2D eigenvalue weighted by molar-refractivity contribution is 6.00. The first-order valence-corrected chi connectivity index (χ1v) is 7.62. The maximum absolute atomic E-state index is 12.3. The molecule has 1 aliphatic carbocycles. The van der Waals surface area contributed by atoms with E-state index in [-0.39, 0.29) is 5.69 Å². The zero-order chi connectivity index (χ0) is 18.7. The van der Waals surface area contributed by atoms with Crippen LogP contribution >= 0.6 is 0 Å². The van der Waals surface area contributed by atoms with E-state index in [1.54, 1.807) is 12.1 Å². The van der Waals surface area contributed by atoms with Crippen LogP contribution in [-0.4, -0.2) is 31.1 Å². The van der Waals surface area contributed by atoms with Gasteiger partial charge in [-0.1, -0.05) is 23.3 Å². The van der Waals surface area contributed by atoms with E-state index < -0.39 is 22.8 Å². The Labute approximate surface area is 145 Å². The van der Waals surface area contributed by atoms with Crippen LogP contribution in [0.1, 0.15) is 31.7 Å². The molecule has 7 nitrogen and oxygen atoms in total. The topological polar surface area (TPSA) is 95.7 Å². The van der Waals surface area contributed by atoms with Crippen LogP contribution in [0.2, 0.25) is 0 Å². The van der Waals surface area contributed by atoms with E-state index in [1.807, 2.05) is 13.8 Å². The van der Waals surface area contributed by atoms with E-state index in [0.717, 1.165) is 11.1 Å². The van der Waals surface area contributed by atoms with Crippen LogP contribution in [0.4, 0.5) is 5.69 Å². The number of nitrogens with zero attached hydrogens (tertiary/aromatic N) is 1. The van der Waals surface area contributed by atoms with Gasteiger partial charge in [0.15, 0.2) is 0 Å². The van der Waals surface area contributed by atoms with Gasteiger partial charge in [0.1, 0.15) is 0 Å². The molecule has 1 aromatic rings. The molecule has 1 aromatic carbocycles. The molecular formula is C18H19NO6. The monoisotopic (exact) mass is 345 g/mol. The first-order chi connectivity index (χ1) is 11.8. The Morgan fingerprint density at radius 2 is 1.44 bits per heavy atom. The Morgan fingerprint density at radius 3 is 1.80 bits per heavy atom. The molecule has 0 bridgehead atoms. The van der Waals surface area contributed by atoms with Gasteiger partial charge in [-0.15, -0.1) is 0 Å². The molecule has 0 N–H and O–H groups in total. The van der Waals surface area contributed by atoms with Crippen molar-refractivity contribution in [1.82, 2.24) is 0 Å². The molecule has 132 valence electrons. The van der Waals surface area contributed by atoms with Crippen molar-refractivity contribution in [3.8, 4) is 0 Å². The van der Waals surface area contributed by atoms with Crippen LogP contribution < -0.4 is 0 Å². The number of methoxy groups -OCH3 is 2. The van der Waals surface area contributed by atoms with Crippen LogP contribution in [0.15, 0.2) is 46.6 Å². The van der Waals surface area contributed by atoms with Crippen LogP contribution in [0.5, 0.6) is 0 Å². The summed E-state index contributed by atoms with van der Waals surface area (Å²) in [5.41, 5.74) is 2.83. The van der Waals surface area contributed by atoms with Crippen LogP contribution in [0, 0.1) is 10.1 Å². The molecule has 0 heterocycles. The fourth-order valence-electron chi connectivity index (χ4n) is 3.15. The Morgan fingerprint density at radius 1 is 1.00 bits per heavy atom. The number of carbonyl (C=O) groups excluding carboxylic acids is 2. The zero-order valence-electron chi connectivity index (χ0n) is 14.5. The van der Waals surface area contributed by atoms with Crippen LogP contribution in [0.25, 0.3) is 0 Å². The summed E-state index contributed by atoms with van der Waals surface area (Å²) < 4.78 is 9.78. The Kier molecular flexibility index (Phi) is 5.36. The molecule has 0 aliphatic heterocycles. The predicted octanol–water partition coefficient (Wildman–Crippen LogP) is 3.06. The lowest BCUT2D eigenvalue weighted by molar-refractivity contribution is -0.384. The molecule has 0 fully saturated rings. The van der Waals surface area contributed by atoms with E-state index in [0.29, 0.717) is 23.1 Å². The van der Waals surface area contributed by atoms with Gasteiger partial charge in [-0.3, -0.25) is 10.1 Å². The Bertz CT molecular complexity index is 750. The average Bonchev–Trinajstić information content (AvgIpc) is 2.60. The van der Waals surface area contributed by atoms with E-state index in [1.165, 1.54) is 26.4 Å². The molecule has 0 atom stereocenters. The fraction of sp³-hybridized carbons (Fsp3) is 0.333. The van der Waals surface area contributed by atoms with Crippen molar-refractivity contribution >= 4 is 17.6 Å². The fourth-order valence-corrected chi connectivity index (χ4v) is 3.15. The lowest BCUT2D eigenvalue weighted by Gasteiger charge is -2.29. The number of ether oxygens (including phenoxy) is 2.